The van der Waals surface area contributed by atoms with E-state index in [2.05, 4.69) is 10.6 Å². The van der Waals surface area contributed by atoms with Crippen LogP contribution in [-0.2, 0) is 4.79 Å². The molecular formula is C15H24N2O3. The molecule has 1 unspecified atom stereocenters. The van der Waals surface area contributed by atoms with Gasteiger partial charge in [-0.2, -0.15) is 0 Å². The Kier molecular flexibility index (Phi) is 7.69. The maximum Gasteiger partial charge on any atom is 0.221 e. The molecule has 1 aromatic carbocycles. The highest BCUT2D eigenvalue weighted by Gasteiger charge is 2.06. The summed E-state index contributed by atoms with van der Waals surface area (Å²) in [6, 6.07) is 9.52. The van der Waals surface area contributed by atoms with E-state index in [0.29, 0.717) is 19.5 Å². The fraction of sp³-hybridized carbons (Fsp3) is 0.533. The first-order valence-electron chi connectivity index (χ1n) is 6.94. The number of hydrogen-bond donors (Lipinski definition) is 3. The lowest BCUT2D eigenvalue weighted by atomic mass is 10.3. The van der Waals surface area contributed by atoms with E-state index in [9.17, 15) is 9.90 Å². The van der Waals surface area contributed by atoms with Crippen molar-refractivity contribution in [1.82, 2.24) is 10.6 Å². The largest absolute Gasteiger partial charge is 0.491 e. The van der Waals surface area contributed by atoms with Crippen molar-refractivity contribution in [2.24, 2.45) is 0 Å². The van der Waals surface area contributed by atoms with Crippen molar-refractivity contribution in [2.75, 3.05) is 19.7 Å². The minimum absolute atomic E-state index is 0.0162. The van der Waals surface area contributed by atoms with Crippen molar-refractivity contribution in [3.05, 3.63) is 30.3 Å². The number of amides is 1. The molecule has 112 valence electrons. The van der Waals surface area contributed by atoms with Crippen LogP contribution >= 0.6 is 0 Å². The van der Waals surface area contributed by atoms with E-state index in [0.717, 1.165) is 5.75 Å². The zero-order chi connectivity index (χ0) is 14.8. The molecule has 0 aliphatic carbocycles. The summed E-state index contributed by atoms with van der Waals surface area (Å²) in [6.45, 7) is 5.03. The van der Waals surface area contributed by atoms with Gasteiger partial charge >= 0.3 is 0 Å². The number of hydrogen-bond acceptors (Lipinski definition) is 4. The summed E-state index contributed by atoms with van der Waals surface area (Å²) in [5, 5.41) is 15.6. The number of ether oxygens (including phenoxy) is 1. The van der Waals surface area contributed by atoms with E-state index in [1.54, 1.807) is 0 Å². The van der Waals surface area contributed by atoms with E-state index in [1.807, 2.05) is 44.2 Å². The van der Waals surface area contributed by atoms with Gasteiger partial charge in [0.25, 0.3) is 0 Å². The average Bonchev–Trinajstić information content (AvgIpc) is 2.42. The van der Waals surface area contributed by atoms with Crippen LogP contribution in [0.4, 0.5) is 0 Å². The van der Waals surface area contributed by atoms with Crippen molar-refractivity contribution < 1.29 is 14.6 Å². The SMILES string of the molecule is CC(C)NC(=O)CCNCC(O)COc1ccccc1. The van der Waals surface area contributed by atoms with E-state index in [1.165, 1.54) is 0 Å². The molecule has 5 heteroatoms. The smallest absolute Gasteiger partial charge is 0.221 e. The van der Waals surface area contributed by atoms with Crippen LogP contribution in [0.1, 0.15) is 20.3 Å². The lowest BCUT2D eigenvalue weighted by molar-refractivity contribution is -0.121. The van der Waals surface area contributed by atoms with Gasteiger partial charge in [0.15, 0.2) is 0 Å². The molecule has 5 nitrogen and oxygen atoms in total. The normalized spacial score (nSPS) is 12.2. The molecule has 1 amide bonds. The van der Waals surface area contributed by atoms with Gasteiger partial charge in [-0.25, -0.2) is 0 Å². The van der Waals surface area contributed by atoms with Crippen molar-refractivity contribution in [1.29, 1.82) is 0 Å². The number of aliphatic hydroxyl groups is 1. The monoisotopic (exact) mass is 280 g/mol. The highest BCUT2D eigenvalue weighted by Crippen LogP contribution is 2.08. The summed E-state index contributed by atoms with van der Waals surface area (Å²) in [7, 11) is 0. The van der Waals surface area contributed by atoms with E-state index in [4.69, 9.17) is 4.74 Å². The molecule has 0 fully saturated rings. The minimum Gasteiger partial charge on any atom is -0.491 e. The number of rotatable bonds is 9. The third-order valence-corrected chi connectivity index (χ3v) is 2.54. The second-order valence-corrected chi connectivity index (χ2v) is 4.95. The molecule has 20 heavy (non-hydrogen) atoms. The number of carbonyl (C=O) groups excluding carboxylic acids is 1. The number of benzene rings is 1. The lowest BCUT2D eigenvalue weighted by Crippen LogP contribution is -2.35. The summed E-state index contributed by atoms with van der Waals surface area (Å²) in [5.74, 6) is 0.755. The molecule has 0 saturated carbocycles. The Morgan fingerprint density at radius 1 is 1.30 bits per heavy atom. The second-order valence-electron chi connectivity index (χ2n) is 4.95. The van der Waals surface area contributed by atoms with Crippen LogP contribution in [0.5, 0.6) is 5.75 Å². The molecular weight excluding hydrogens is 256 g/mol. The van der Waals surface area contributed by atoms with Crippen LogP contribution in [0.2, 0.25) is 0 Å². The third-order valence-electron chi connectivity index (χ3n) is 2.54. The van der Waals surface area contributed by atoms with Gasteiger partial charge in [-0.3, -0.25) is 4.79 Å². The van der Waals surface area contributed by atoms with Gasteiger partial charge in [-0.05, 0) is 26.0 Å². The molecule has 1 rings (SSSR count). The Labute approximate surface area is 120 Å². The molecule has 0 radical (unpaired) electrons. The van der Waals surface area contributed by atoms with Gasteiger partial charge in [-0.15, -0.1) is 0 Å². The summed E-state index contributed by atoms with van der Waals surface area (Å²) in [6.07, 6.45) is -0.187. The highest BCUT2D eigenvalue weighted by molar-refractivity contribution is 5.76. The van der Waals surface area contributed by atoms with Crippen LogP contribution < -0.4 is 15.4 Å². The Morgan fingerprint density at radius 2 is 2.00 bits per heavy atom. The first-order chi connectivity index (χ1) is 9.58. The predicted octanol–water partition coefficient (Wildman–Crippen LogP) is 0.931. The van der Waals surface area contributed by atoms with Crippen LogP contribution in [0.3, 0.4) is 0 Å². The van der Waals surface area contributed by atoms with Crippen molar-refractivity contribution in [3.8, 4) is 5.75 Å². The Morgan fingerprint density at radius 3 is 2.65 bits per heavy atom. The molecule has 1 atom stereocenters. The molecule has 0 saturated heterocycles. The number of carbonyl (C=O) groups is 1. The van der Waals surface area contributed by atoms with Crippen molar-refractivity contribution >= 4 is 5.91 Å². The summed E-state index contributed by atoms with van der Waals surface area (Å²) < 4.78 is 5.43. The Hall–Kier alpha value is -1.59. The Balaban J connectivity index is 2.06. The van der Waals surface area contributed by atoms with E-state index in [-0.39, 0.29) is 18.6 Å². The first kappa shape index (κ1) is 16.5. The molecule has 0 aromatic heterocycles. The molecule has 0 heterocycles. The van der Waals surface area contributed by atoms with Crippen LogP contribution in [0.25, 0.3) is 0 Å². The number of aliphatic hydroxyl groups excluding tert-OH is 1. The third kappa shape index (κ3) is 7.76. The van der Waals surface area contributed by atoms with Crippen LogP contribution in [0, 0.1) is 0 Å². The van der Waals surface area contributed by atoms with Crippen molar-refractivity contribution in [2.45, 2.75) is 32.4 Å². The van der Waals surface area contributed by atoms with Gasteiger partial charge in [-0.1, -0.05) is 18.2 Å². The highest BCUT2D eigenvalue weighted by atomic mass is 16.5. The second kappa shape index (κ2) is 9.34. The first-order valence-corrected chi connectivity index (χ1v) is 6.94. The van der Waals surface area contributed by atoms with Gasteiger partial charge in [0, 0.05) is 25.6 Å². The molecule has 0 aliphatic rings. The quantitative estimate of drug-likeness (QED) is 0.589. The zero-order valence-corrected chi connectivity index (χ0v) is 12.1. The van der Waals surface area contributed by atoms with Crippen LogP contribution in [0.15, 0.2) is 30.3 Å². The Bertz CT molecular complexity index is 382. The molecule has 0 spiro atoms. The lowest BCUT2D eigenvalue weighted by Gasteiger charge is -2.13. The van der Waals surface area contributed by atoms with Gasteiger partial charge in [0.05, 0.1) is 0 Å². The van der Waals surface area contributed by atoms with E-state index < -0.39 is 6.10 Å². The maximum absolute atomic E-state index is 11.4. The molecule has 1 aromatic rings. The van der Waals surface area contributed by atoms with Gasteiger partial charge in [0.1, 0.15) is 18.5 Å². The summed E-state index contributed by atoms with van der Waals surface area (Å²) in [4.78, 5) is 11.4. The fourth-order valence-corrected chi connectivity index (χ4v) is 1.63. The van der Waals surface area contributed by atoms with Crippen molar-refractivity contribution in [3.63, 3.8) is 0 Å². The fourth-order valence-electron chi connectivity index (χ4n) is 1.63. The van der Waals surface area contributed by atoms with Gasteiger partial charge < -0.3 is 20.5 Å². The molecule has 0 aliphatic heterocycles. The standard InChI is InChI=1S/C15H24N2O3/c1-12(2)17-15(19)8-9-16-10-13(18)11-20-14-6-4-3-5-7-14/h3-7,12-13,16,18H,8-11H2,1-2H3,(H,17,19). The summed E-state index contributed by atoms with van der Waals surface area (Å²) >= 11 is 0. The average molecular weight is 280 g/mol. The molecule has 3 N–H and O–H groups in total. The topological polar surface area (TPSA) is 70.6 Å². The van der Waals surface area contributed by atoms with Gasteiger partial charge in [0.2, 0.25) is 5.91 Å². The summed E-state index contributed by atoms with van der Waals surface area (Å²) in [5.41, 5.74) is 0. The minimum atomic E-state index is -0.594. The predicted molar refractivity (Wildman–Crippen MR) is 78.7 cm³/mol. The number of para-hydroxylation sites is 1. The number of nitrogens with one attached hydrogen (secondary N) is 2. The van der Waals surface area contributed by atoms with Crippen LogP contribution in [-0.4, -0.2) is 42.9 Å². The molecule has 0 bridgehead atoms. The maximum atomic E-state index is 11.4. The zero-order valence-electron chi connectivity index (χ0n) is 12.1. The van der Waals surface area contributed by atoms with E-state index >= 15 is 0 Å².